The average molecular weight is 285 g/mol. The fourth-order valence-electron chi connectivity index (χ4n) is 2.61. The van der Waals surface area contributed by atoms with Crippen LogP contribution in [0.5, 0.6) is 0 Å². The second-order valence-corrected chi connectivity index (χ2v) is 5.64. The standard InChI is InChI=1S/C15H18ClFO2/c16-14-11(6-5-7-12(14)17)10-13(18)15(19)8-3-1-2-4-9-15/h5-7,19H,1-4,8-10H2. The second-order valence-electron chi connectivity index (χ2n) is 5.26. The largest absolute Gasteiger partial charge is 0.382 e. The van der Waals surface area contributed by atoms with Crippen LogP contribution in [-0.2, 0) is 11.2 Å². The van der Waals surface area contributed by atoms with E-state index in [0.717, 1.165) is 25.7 Å². The summed E-state index contributed by atoms with van der Waals surface area (Å²) in [6, 6.07) is 4.42. The average Bonchev–Trinajstić information content (AvgIpc) is 2.61. The van der Waals surface area contributed by atoms with Crippen LogP contribution >= 0.6 is 11.6 Å². The molecular formula is C15H18ClFO2. The molecule has 1 fully saturated rings. The molecule has 2 rings (SSSR count). The van der Waals surface area contributed by atoms with Gasteiger partial charge in [-0.2, -0.15) is 0 Å². The summed E-state index contributed by atoms with van der Waals surface area (Å²) >= 11 is 5.85. The fraction of sp³-hybridized carbons (Fsp3) is 0.533. The number of halogens is 2. The SMILES string of the molecule is O=C(Cc1cccc(F)c1Cl)C1(O)CCCCCC1. The summed E-state index contributed by atoms with van der Waals surface area (Å²) in [6.07, 6.45) is 4.81. The molecule has 0 heterocycles. The van der Waals surface area contributed by atoms with Gasteiger partial charge in [0.2, 0.25) is 0 Å². The molecule has 2 nitrogen and oxygen atoms in total. The van der Waals surface area contributed by atoms with Crippen LogP contribution in [0.1, 0.15) is 44.1 Å². The van der Waals surface area contributed by atoms with Gasteiger partial charge in [0.1, 0.15) is 11.4 Å². The first-order chi connectivity index (χ1) is 9.03. The number of benzene rings is 1. The molecule has 0 aliphatic heterocycles. The third-order valence-corrected chi connectivity index (χ3v) is 4.26. The minimum absolute atomic E-state index is 0.00685. The summed E-state index contributed by atoms with van der Waals surface area (Å²) in [6.45, 7) is 0. The summed E-state index contributed by atoms with van der Waals surface area (Å²) in [7, 11) is 0. The Kier molecular flexibility index (Phi) is 4.58. The van der Waals surface area contributed by atoms with Crippen molar-refractivity contribution in [3.8, 4) is 0 Å². The van der Waals surface area contributed by atoms with Crippen LogP contribution in [0.3, 0.4) is 0 Å². The molecule has 1 saturated carbocycles. The maximum absolute atomic E-state index is 13.3. The van der Waals surface area contributed by atoms with E-state index in [1.54, 1.807) is 6.07 Å². The van der Waals surface area contributed by atoms with Gasteiger partial charge in [-0.25, -0.2) is 4.39 Å². The smallest absolute Gasteiger partial charge is 0.168 e. The van der Waals surface area contributed by atoms with Crippen molar-refractivity contribution in [1.82, 2.24) is 0 Å². The zero-order valence-electron chi connectivity index (χ0n) is 10.8. The highest BCUT2D eigenvalue weighted by molar-refractivity contribution is 6.31. The van der Waals surface area contributed by atoms with Crippen molar-refractivity contribution in [3.63, 3.8) is 0 Å². The lowest BCUT2D eigenvalue weighted by Gasteiger charge is -2.25. The fourth-order valence-corrected chi connectivity index (χ4v) is 2.81. The molecule has 0 radical (unpaired) electrons. The van der Waals surface area contributed by atoms with Crippen LogP contribution < -0.4 is 0 Å². The zero-order chi connectivity index (χ0) is 13.9. The van der Waals surface area contributed by atoms with Crippen molar-refractivity contribution < 1.29 is 14.3 Å². The van der Waals surface area contributed by atoms with E-state index >= 15 is 0 Å². The van der Waals surface area contributed by atoms with Gasteiger partial charge in [-0.1, -0.05) is 49.4 Å². The summed E-state index contributed by atoms with van der Waals surface area (Å²) in [5, 5.41) is 10.4. The molecule has 1 aliphatic carbocycles. The molecule has 0 bridgehead atoms. The topological polar surface area (TPSA) is 37.3 Å². The molecule has 0 amide bonds. The maximum atomic E-state index is 13.3. The van der Waals surface area contributed by atoms with Crippen molar-refractivity contribution in [2.75, 3.05) is 0 Å². The van der Waals surface area contributed by atoms with Gasteiger partial charge in [0.25, 0.3) is 0 Å². The first-order valence-corrected chi connectivity index (χ1v) is 7.09. The van der Waals surface area contributed by atoms with Gasteiger partial charge in [0.15, 0.2) is 5.78 Å². The van der Waals surface area contributed by atoms with Crippen molar-refractivity contribution in [3.05, 3.63) is 34.6 Å². The third-order valence-electron chi connectivity index (χ3n) is 3.83. The van der Waals surface area contributed by atoms with Crippen LogP contribution in [0.2, 0.25) is 5.02 Å². The Morgan fingerprint density at radius 2 is 1.89 bits per heavy atom. The Morgan fingerprint density at radius 3 is 2.53 bits per heavy atom. The van der Waals surface area contributed by atoms with E-state index < -0.39 is 11.4 Å². The van der Waals surface area contributed by atoms with Crippen LogP contribution in [0.25, 0.3) is 0 Å². The predicted molar refractivity (Wildman–Crippen MR) is 72.8 cm³/mol. The molecule has 1 N–H and O–H groups in total. The highest BCUT2D eigenvalue weighted by atomic mass is 35.5. The Bertz CT molecular complexity index is 465. The highest BCUT2D eigenvalue weighted by Crippen LogP contribution is 2.30. The molecule has 4 heteroatoms. The van der Waals surface area contributed by atoms with Crippen LogP contribution in [0.15, 0.2) is 18.2 Å². The first kappa shape index (κ1) is 14.5. The van der Waals surface area contributed by atoms with E-state index in [9.17, 15) is 14.3 Å². The lowest BCUT2D eigenvalue weighted by atomic mass is 9.86. The van der Waals surface area contributed by atoms with E-state index in [1.807, 2.05) is 0 Å². The summed E-state index contributed by atoms with van der Waals surface area (Å²) in [5.41, 5.74) is -0.809. The third kappa shape index (κ3) is 3.34. The van der Waals surface area contributed by atoms with Crippen molar-refractivity contribution in [2.24, 2.45) is 0 Å². The Morgan fingerprint density at radius 1 is 1.26 bits per heavy atom. The molecule has 1 aliphatic rings. The van der Waals surface area contributed by atoms with Crippen LogP contribution in [0, 0.1) is 5.82 Å². The number of ketones is 1. The molecule has 0 atom stereocenters. The monoisotopic (exact) mass is 284 g/mol. The Labute approximate surface area is 117 Å². The number of carbonyl (C=O) groups excluding carboxylic acids is 1. The van der Waals surface area contributed by atoms with E-state index in [0.29, 0.717) is 18.4 Å². The lowest BCUT2D eigenvalue weighted by molar-refractivity contribution is -0.138. The number of Topliss-reactive ketones (excluding diaryl/α,β-unsaturated/α-hetero) is 1. The molecule has 19 heavy (non-hydrogen) atoms. The minimum Gasteiger partial charge on any atom is -0.382 e. The molecule has 0 saturated heterocycles. The number of hydrogen-bond donors (Lipinski definition) is 1. The second kappa shape index (κ2) is 6.02. The van der Waals surface area contributed by atoms with Gasteiger partial charge >= 0.3 is 0 Å². The summed E-state index contributed by atoms with van der Waals surface area (Å²) in [5.74, 6) is -0.776. The van der Waals surface area contributed by atoms with Gasteiger partial charge in [0.05, 0.1) is 5.02 Å². The van der Waals surface area contributed by atoms with E-state index in [-0.39, 0.29) is 17.2 Å². The van der Waals surface area contributed by atoms with E-state index in [2.05, 4.69) is 0 Å². The Hall–Kier alpha value is -0.930. The van der Waals surface area contributed by atoms with Crippen molar-refractivity contribution >= 4 is 17.4 Å². The number of rotatable bonds is 3. The summed E-state index contributed by atoms with van der Waals surface area (Å²) < 4.78 is 13.3. The lowest BCUT2D eigenvalue weighted by Crippen LogP contribution is -2.39. The molecule has 0 aromatic heterocycles. The maximum Gasteiger partial charge on any atom is 0.168 e. The predicted octanol–water partition coefficient (Wildman–Crippen LogP) is 3.68. The van der Waals surface area contributed by atoms with Crippen molar-refractivity contribution in [1.29, 1.82) is 0 Å². The normalized spacial score (nSPS) is 18.9. The van der Waals surface area contributed by atoms with Gasteiger partial charge in [-0.3, -0.25) is 4.79 Å². The molecule has 0 unspecified atom stereocenters. The van der Waals surface area contributed by atoms with E-state index in [1.165, 1.54) is 12.1 Å². The first-order valence-electron chi connectivity index (χ1n) is 6.71. The quantitative estimate of drug-likeness (QED) is 0.860. The van der Waals surface area contributed by atoms with Gasteiger partial charge in [0, 0.05) is 6.42 Å². The summed E-state index contributed by atoms with van der Waals surface area (Å²) in [4.78, 5) is 12.3. The number of aliphatic hydroxyl groups is 1. The van der Waals surface area contributed by atoms with E-state index in [4.69, 9.17) is 11.6 Å². The van der Waals surface area contributed by atoms with Crippen molar-refractivity contribution in [2.45, 2.75) is 50.5 Å². The van der Waals surface area contributed by atoms with Gasteiger partial charge in [-0.05, 0) is 24.5 Å². The molecule has 0 spiro atoms. The van der Waals surface area contributed by atoms with Gasteiger partial charge in [-0.15, -0.1) is 0 Å². The number of hydrogen-bond acceptors (Lipinski definition) is 2. The van der Waals surface area contributed by atoms with Crippen LogP contribution in [0.4, 0.5) is 4.39 Å². The van der Waals surface area contributed by atoms with Crippen LogP contribution in [-0.4, -0.2) is 16.5 Å². The molecule has 104 valence electrons. The molecular weight excluding hydrogens is 267 g/mol. The zero-order valence-corrected chi connectivity index (χ0v) is 11.5. The minimum atomic E-state index is -1.26. The highest BCUT2D eigenvalue weighted by Gasteiger charge is 2.35. The number of carbonyl (C=O) groups is 1. The molecule has 1 aromatic carbocycles. The van der Waals surface area contributed by atoms with Gasteiger partial charge < -0.3 is 5.11 Å². The Balaban J connectivity index is 2.13. The molecule has 1 aromatic rings.